The summed E-state index contributed by atoms with van der Waals surface area (Å²) in [6.45, 7) is 3.29. The van der Waals surface area contributed by atoms with E-state index >= 15 is 0 Å². The SMILES string of the molecule is COc1ccc(-n2c(SCC(=O)N3CCN(C(=O)c4ccco4)C(C)C3)nnc2-c2cccc(OC)c2)cc1. The summed E-state index contributed by atoms with van der Waals surface area (Å²) < 4.78 is 17.9. The number of carbonyl (C=O) groups excluding carboxylic acids is 2. The first kappa shape index (κ1) is 26.4. The van der Waals surface area contributed by atoms with E-state index in [-0.39, 0.29) is 23.6 Å². The zero-order chi connectivity index (χ0) is 27.4. The summed E-state index contributed by atoms with van der Waals surface area (Å²) in [5, 5.41) is 9.49. The molecule has 3 heterocycles. The molecule has 202 valence electrons. The number of methoxy groups -OCH3 is 2. The third kappa shape index (κ3) is 5.63. The Morgan fingerprint density at radius 3 is 2.49 bits per heavy atom. The number of hydrogen-bond donors (Lipinski definition) is 0. The molecule has 1 fully saturated rings. The van der Waals surface area contributed by atoms with Crippen LogP contribution in [0.3, 0.4) is 0 Å². The van der Waals surface area contributed by atoms with Gasteiger partial charge in [0.2, 0.25) is 5.91 Å². The van der Waals surface area contributed by atoms with Crippen molar-refractivity contribution < 1.29 is 23.5 Å². The minimum absolute atomic E-state index is 0.0239. The van der Waals surface area contributed by atoms with Gasteiger partial charge in [-0.1, -0.05) is 23.9 Å². The fraction of sp³-hybridized carbons (Fsp3) is 0.286. The number of thioether (sulfide) groups is 1. The van der Waals surface area contributed by atoms with Crippen molar-refractivity contribution in [3.63, 3.8) is 0 Å². The second-order valence-corrected chi connectivity index (χ2v) is 9.97. The molecule has 1 aliphatic heterocycles. The molecule has 2 aromatic heterocycles. The van der Waals surface area contributed by atoms with Crippen LogP contribution < -0.4 is 9.47 Å². The number of ether oxygens (including phenoxy) is 2. The molecule has 0 aliphatic carbocycles. The number of rotatable bonds is 8. The number of piperazine rings is 1. The highest BCUT2D eigenvalue weighted by Gasteiger charge is 2.31. The van der Waals surface area contributed by atoms with Crippen LogP contribution in [0, 0.1) is 0 Å². The van der Waals surface area contributed by atoms with Crippen molar-refractivity contribution in [2.75, 3.05) is 39.6 Å². The summed E-state index contributed by atoms with van der Waals surface area (Å²) in [4.78, 5) is 29.5. The second-order valence-electron chi connectivity index (χ2n) is 9.02. The number of carbonyl (C=O) groups is 2. The average Bonchev–Trinajstić information content (AvgIpc) is 3.66. The molecule has 1 atom stereocenters. The zero-order valence-corrected chi connectivity index (χ0v) is 22.8. The minimum atomic E-state index is -0.161. The van der Waals surface area contributed by atoms with E-state index in [2.05, 4.69) is 10.2 Å². The van der Waals surface area contributed by atoms with Crippen LogP contribution >= 0.6 is 11.8 Å². The Morgan fingerprint density at radius 2 is 1.79 bits per heavy atom. The molecule has 1 saturated heterocycles. The van der Waals surface area contributed by atoms with Gasteiger partial charge in [-0.3, -0.25) is 14.2 Å². The number of amides is 2. The molecule has 2 amide bonds. The maximum absolute atomic E-state index is 13.2. The van der Waals surface area contributed by atoms with Gasteiger partial charge in [0.15, 0.2) is 16.7 Å². The normalized spacial score (nSPS) is 15.3. The van der Waals surface area contributed by atoms with E-state index in [1.165, 1.54) is 18.0 Å². The highest BCUT2D eigenvalue weighted by molar-refractivity contribution is 7.99. The molecule has 11 heteroatoms. The number of nitrogens with zero attached hydrogens (tertiary/aromatic N) is 5. The molecule has 1 unspecified atom stereocenters. The molecule has 10 nitrogen and oxygen atoms in total. The number of aromatic nitrogens is 3. The smallest absolute Gasteiger partial charge is 0.289 e. The average molecular weight is 548 g/mol. The van der Waals surface area contributed by atoms with E-state index in [9.17, 15) is 9.59 Å². The summed E-state index contributed by atoms with van der Waals surface area (Å²) in [5.74, 6) is 2.38. The van der Waals surface area contributed by atoms with Crippen molar-refractivity contribution in [2.45, 2.75) is 18.1 Å². The Morgan fingerprint density at radius 1 is 1.00 bits per heavy atom. The minimum Gasteiger partial charge on any atom is -0.497 e. The van der Waals surface area contributed by atoms with E-state index < -0.39 is 0 Å². The maximum Gasteiger partial charge on any atom is 0.289 e. The Labute approximate surface area is 230 Å². The summed E-state index contributed by atoms with van der Waals surface area (Å²) >= 11 is 1.33. The molecular formula is C28H29N5O5S. The van der Waals surface area contributed by atoms with E-state index in [0.29, 0.717) is 42.1 Å². The van der Waals surface area contributed by atoms with Gasteiger partial charge in [0.1, 0.15) is 11.5 Å². The lowest BCUT2D eigenvalue weighted by molar-refractivity contribution is -0.130. The van der Waals surface area contributed by atoms with E-state index in [1.54, 1.807) is 36.2 Å². The Balaban J connectivity index is 1.32. The highest BCUT2D eigenvalue weighted by atomic mass is 32.2. The van der Waals surface area contributed by atoms with Crippen molar-refractivity contribution in [3.8, 4) is 28.6 Å². The van der Waals surface area contributed by atoms with Crippen LogP contribution in [0.1, 0.15) is 17.5 Å². The molecule has 4 aromatic rings. The summed E-state index contributed by atoms with van der Waals surface area (Å²) in [7, 11) is 3.24. The topological polar surface area (TPSA) is 103 Å². The van der Waals surface area contributed by atoms with Gasteiger partial charge < -0.3 is 23.7 Å². The van der Waals surface area contributed by atoms with Crippen LogP contribution in [0.25, 0.3) is 17.1 Å². The van der Waals surface area contributed by atoms with Crippen LogP contribution in [0.2, 0.25) is 0 Å². The van der Waals surface area contributed by atoms with Crippen molar-refractivity contribution in [1.29, 1.82) is 0 Å². The predicted octanol–water partition coefficient (Wildman–Crippen LogP) is 4.01. The number of benzene rings is 2. The molecule has 39 heavy (non-hydrogen) atoms. The first-order valence-electron chi connectivity index (χ1n) is 12.5. The Hall–Kier alpha value is -4.25. The molecular weight excluding hydrogens is 518 g/mol. The molecule has 0 radical (unpaired) electrons. The molecule has 5 rings (SSSR count). The molecule has 2 aromatic carbocycles. The molecule has 0 spiro atoms. The lowest BCUT2D eigenvalue weighted by Crippen LogP contribution is -2.55. The summed E-state index contributed by atoms with van der Waals surface area (Å²) in [5.41, 5.74) is 1.68. The first-order valence-corrected chi connectivity index (χ1v) is 13.5. The van der Waals surface area contributed by atoms with Crippen LogP contribution in [0.15, 0.2) is 76.5 Å². The first-order chi connectivity index (χ1) is 19.0. The van der Waals surface area contributed by atoms with Crippen molar-refractivity contribution in [2.24, 2.45) is 0 Å². The third-order valence-corrected chi connectivity index (χ3v) is 7.50. The van der Waals surface area contributed by atoms with Crippen LogP contribution in [-0.2, 0) is 4.79 Å². The number of furan rings is 1. The standard InChI is InChI=1S/C28H29N5O5S/c1-19-17-31(13-14-32(19)27(35)24-8-5-15-38-24)25(34)18-39-28-30-29-26(20-6-4-7-23(16-20)37-3)33(28)21-9-11-22(36-2)12-10-21/h4-12,15-16,19H,13-14,17-18H2,1-3H3. The Kier molecular flexibility index (Phi) is 7.87. The molecule has 1 aliphatic rings. The van der Waals surface area contributed by atoms with Crippen molar-refractivity contribution in [3.05, 3.63) is 72.7 Å². The molecule has 0 N–H and O–H groups in total. The molecule has 0 saturated carbocycles. The van der Waals surface area contributed by atoms with Gasteiger partial charge in [0.05, 0.1) is 26.2 Å². The van der Waals surface area contributed by atoms with Gasteiger partial charge in [-0.15, -0.1) is 10.2 Å². The lowest BCUT2D eigenvalue weighted by Gasteiger charge is -2.39. The summed E-state index contributed by atoms with van der Waals surface area (Å²) in [6, 6.07) is 18.4. The van der Waals surface area contributed by atoms with E-state index in [1.807, 2.05) is 60.0 Å². The number of hydrogen-bond acceptors (Lipinski definition) is 8. The molecule has 0 bridgehead atoms. The van der Waals surface area contributed by atoms with Crippen molar-refractivity contribution >= 4 is 23.6 Å². The predicted molar refractivity (Wildman–Crippen MR) is 146 cm³/mol. The Bertz CT molecular complexity index is 1440. The van der Waals surface area contributed by atoms with E-state index in [4.69, 9.17) is 13.9 Å². The quantitative estimate of drug-likeness (QED) is 0.305. The maximum atomic E-state index is 13.2. The second kappa shape index (κ2) is 11.6. The van der Waals surface area contributed by atoms with Gasteiger partial charge in [-0.2, -0.15) is 0 Å². The summed E-state index contributed by atoms with van der Waals surface area (Å²) in [6.07, 6.45) is 1.49. The third-order valence-electron chi connectivity index (χ3n) is 6.59. The van der Waals surface area contributed by atoms with Gasteiger partial charge in [-0.05, 0) is 55.5 Å². The van der Waals surface area contributed by atoms with Gasteiger partial charge in [0.25, 0.3) is 5.91 Å². The zero-order valence-electron chi connectivity index (χ0n) is 21.9. The van der Waals surface area contributed by atoms with Gasteiger partial charge >= 0.3 is 0 Å². The fourth-order valence-corrected chi connectivity index (χ4v) is 5.38. The van der Waals surface area contributed by atoms with Crippen molar-refractivity contribution in [1.82, 2.24) is 24.6 Å². The van der Waals surface area contributed by atoms with Gasteiger partial charge in [0, 0.05) is 36.9 Å². The lowest BCUT2D eigenvalue weighted by atomic mass is 10.1. The largest absolute Gasteiger partial charge is 0.497 e. The monoisotopic (exact) mass is 547 g/mol. The fourth-order valence-electron chi connectivity index (χ4n) is 4.52. The van der Waals surface area contributed by atoms with E-state index in [0.717, 1.165) is 17.0 Å². The van der Waals surface area contributed by atoms with Crippen LogP contribution in [0.4, 0.5) is 0 Å². The van der Waals surface area contributed by atoms with Crippen LogP contribution in [-0.4, -0.2) is 82.0 Å². The van der Waals surface area contributed by atoms with Gasteiger partial charge in [-0.25, -0.2) is 0 Å². The highest BCUT2D eigenvalue weighted by Crippen LogP contribution is 2.31. The van der Waals surface area contributed by atoms with Crippen LogP contribution in [0.5, 0.6) is 11.5 Å².